The molecule has 0 aliphatic rings. The monoisotopic (exact) mass is 197 g/mol. The highest BCUT2D eigenvalue weighted by molar-refractivity contribution is 5.75. The number of unbranched alkanes of at least 4 members (excludes halogenated alkanes) is 4. The van der Waals surface area contributed by atoms with Crippen molar-refractivity contribution in [1.82, 2.24) is 5.32 Å². The van der Waals surface area contributed by atoms with Crippen LogP contribution in [0.4, 0.5) is 0 Å². The Morgan fingerprint density at radius 3 is 2.64 bits per heavy atom. The van der Waals surface area contributed by atoms with Crippen LogP contribution in [0, 0.1) is 0 Å². The van der Waals surface area contributed by atoms with Crippen LogP contribution in [0.1, 0.15) is 51.9 Å². The predicted octanol–water partition coefficient (Wildman–Crippen LogP) is 3.04. The number of amides is 1. The molecule has 1 amide bonds. The molecule has 2 heteroatoms. The molecule has 82 valence electrons. The van der Waals surface area contributed by atoms with Gasteiger partial charge in [0.2, 0.25) is 5.91 Å². The summed E-state index contributed by atoms with van der Waals surface area (Å²) in [5.74, 6) is 0.184. The summed E-state index contributed by atoms with van der Waals surface area (Å²) >= 11 is 0. The summed E-state index contributed by atoms with van der Waals surface area (Å²) in [6, 6.07) is 0. The molecule has 2 nitrogen and oxygen atoms in total. The van der Waals surface area contributed by atoms with E-state index in [4.69, 9.17) is 0 Å². The van der Waals surface area contributed by atoms with Crippen LogP contribution in [-0.2, 0) is 4.79 Å². The summed E-state index contributed by atoms with van der Waals surface area (Å²) in [5.41, 5.74) is 0. The van der Waals surface area contributed by atoms with E-state index in [9.17, 15) is 4.79 Å². The van der Waals surface area contributed by atoms with Gasteiger partial charge in [-0.15, -0.1) is 6.58 Å². The van der Waals surface area contributed by atoms with E-state index in [0.717, 1.165) is 19.4 Å². The summed E-state index contributed by atoms with van der Waals surface area (Å²) in [6.07, 6.45) is 9.38. The minimum absolute atomic E-state index is 0.184. The number of rotatable bonds is 9. The van der Waals surface area contributed by atoms with Crippen LogP contribution < -0.4 is 5.32 Å². The number of carbonyl (C=O) groups excluding carboxylic acids is 1. The molecular weight excluding hydrogens is 174 g/mol. The molecule has 0 bridgehead atoms. The Balaban J connectivity index is 3.14. The normalized spacial score (nSPS) is 9.79. The van der Waals surface area contributed by atoms with E-state index in [0.29, 0.717) is 6.42 Å². The van der Waals surface area contributed by atoms with Gasteiger partial charge in [0.1, 0.15) is 0 Å². The summed E-state index contributed by atoms with van der Waals surface area (Å²) in [4.78, 5) is 11.2. The third-order valence-corrected chi connectivity index (χ3v) is 2.18. The van der Waals surface area contributed by atoms with E-state index >= 15 is 0 Å². The molecule has 0 heterocycles. The largest absolute Gasteiger partial charge is 0.356 e. The second-order valence-corrected chi connectivity index (χ2v) is 3.59. The quantitative estimate of drug-likeness (QED) is 0.447. The maximum absolute atomic E-state index is 11.2. The van der Waals surface area contributed by atoms with Crippen LogP contribution in [-0.4, -0.2) is 12.5 Å². The molecular formula is C12H23NO. The molecule has 0 spiro atoms. The van der Waals surface area contributed by atoms with Crippen LogP contribution >= 0.6 is 0 Å². The zero-order valence-corrected chi connectivity index (χ0v) is 9.35. The Kier molecular flexibility index (Phi) is 9.71. The first-order valence-corrected chi connectivity index (χ1v) is 5.68. The fourth-order valence-corrected chi connectivity index (χ4v) is 1.29. The molecule has 0 fully saturated rings. The van der Waals surface area contributed by atoms with Gasteiger partial charge in [-0.05, 0) is 12.8 Å². The summed E-state index contributed by atoms with van der Waals surface area (Å²) in [6.45, 7) is 6.53. The first-order chi connectivity index (χ1) is 6.81. The van der Waals surface area contributed by atoms with E-state index in [-0.39, 0.29) is 5.91 Å². The molecule has 0 unspecified atom stereocenters. The smallest absolute Gasteiger partial charge is 0.220 e. The average Bonchev–Trinajstić information content (AvgIpc) is 2.18. The van der Waals surface area contributed by atoms with Crippen LogP contribution in [0.5, 0.6) is 0 Å². The van der Waals surface area contributed by atoms with Gasteiger partial charge >= 0.3 is 0 Å². The molecule has 1 N–H and O–H groups in total. The molecule has 0 atom stereocenters. The topological polar surface area (TPSA) is 29.1 Å². The lowest BCUT2D eigenvalue weighted by Gasteiger charge is -2.02. The molecule has 0 aliphatic carbocycles. The van der Waals surface area contributed by atoms with Gasteiger partial charge in [0, 0.05) is 13.0 Å². The first kappa shape index (κ1) is 13.2. The van der Waals surface area contributed by atoms with Gasteiger partial charge in [-0.1, -0.05) is 38.7 Å². The third-order valence-electron chi connectivity index (χ3n) is 2.18. The van der Waals surface area contributed by atoms with Gasteiger partial charge in [0.05, 0.1) is 0 Å². The van der Waals surface area contributed by atoms with Crippen LogP contribution in [0.3, 0.4) is 0 Å². The third kappa shape index (κ3) is 9.30. The minimum atomic E-state index is 0.184. The Bertz CT molecular complexity index is 154. The van der Waals surface area contributed by atoms with Crippen LogP contribution in [0.15, 0.2) is 12.7 Å². The van der Waals surface area contributed by atoms with E-state index in [2.05, 4.69) is 18.8 Å². The van der Waals surface area contributed by atoms with Crippen molar-refractivity contribution < 1.29 is 4.79 Å². The Hall–Kier alpha value is -0.790. The Morgan fingerprint density at radius 1 is 1.29 bits per heavy atom. The lowest BCUT2D eigenvalue weighted by molar-refractivity contribution is -0.121. The molecule has 0 saturated heterocycles. The van der Waals surface area contributed by atoms with Crippen molar-refractivity contribution in [1.29, 1.82) is 0 Å². The molecule has 0 saturated carbocycles. The number of hydrogen-bond acceptors (Lipinski definition) is 1. The van der Waals surface area contributed by atoms with Crippen LogP contribution in [0.2, 0.25) is 0 Å². The van der Waals surface area contributed by atoms with Crippen molar-refractivity contribution in [3.63, 3.8) is 0 Å². The maximum Gasteiger partial charge on any atom is 0.220 e. The summed E-state index contributed by atoms with van der Waals surface area (Å²) < 4.78 is 0. The maximum atomic E-state index is 11.2. The molecule has 0 aromatic rings. The average molecular weight is 197 g/mol. The van der Waals surface area contributed by atoms with E-state index < -0.39 is 0 Å². The molecule has 0 aromatic heterocycles. The predicted molar refractivity (Wildman–Crippen MR) is 61.2 cm³/mol. The molecule has 0 rings (SSSR count). The minimum Gasteiger partial charge on any atom is -0.356 e. The van der Waals surface area contributed by atoms with Crippen molar-refractivity contribution in [2.45, 2.75) is 51.9 Å². The van der Waals surface area contributed by atoms with E-state index in [1.54, 1.807) is 0 Å². The zero-order valence-electron chi connectivity index (χ0n) is 9.35. The fraction of sp³-hybridized carbons (Fsp3) is 0.750. The highest BCUT2D eigenvalue weighted by Crippen LogP contribution is 2.04. The van der Waals surface area contributed by atoms with Crippen molar-refractivity contribution in [2.75, 3.05) is 6.54 Å². The fourth-order valence-electron chi connectivity index (χ4n) is 1.29. The van der Waals surface area contributed by atoms with Crippen molar-refractivity contribution in [2.24, 2.45) is 0 Å². The summed E-state index contributed by atoms with van der Waals surface area (Å²) in [5, 5.41) is 2.86. The van der Waals surface area contributed by atoms with Gasteiger partial charge in [0.15, 0.2) is 0 Å². The molecule has 0 radical (unpaired) electrons. The molecule has 14 heavy (non-hydrogen) atoms. The summed E-state index contributed by atoms with van der Waals surface area (Å²) in [7, 11) is 0. The van der Waals surface area contributed by atoms with E-state index in [1.165, 1.54) is 25.7 Å². The standard InChI is InChI=1S/C12H23NO/c1-3-5-7-8-9-10-12(14)13-11-6-4-2/h4H,2-3,5-11H2,1H3,(H,13,14). The number of nitrogens with one attached hydrogen (secondary N) is 1. The number of carbonyl (C=O) groups is 1. The van der Waals surface area contributed by atoms with Gasteiger partial charge in [-0.3, -0.25) is 4.79 Å². The second kappa shape index (κ2) is 10.3. The lowest BCUT2D eigenvalue weighted by atomic mass is 10.1. The molecule has 0 aromatic carbocycles. The Labute approximate surface area is 87.8 Å². The second-order valence-electron chi connectivity index (χ2n) is 3.59. The van der Waals surface area contributed by atoms with Crippen LogP contribution in [0.25, 0.3) is 0 Å². The van der Waals surface area contributed by atoms with Gasteiger partial charge in [-0.2, -0.15) is 0 Å². The van der Waals surface area contributed by atoms with Crippen molar-refractivity contribution in [3.8, 4) is 0 Å². The molecule has 0 aliphatic heterocycles. The Morgan fingerprint density at radius 2 is 2.00 bits per heavy atom. The van der Waals surface area contributed by atoms with Gasteiger partial charge in [0.25, 0.3) is 0 Å². The lowest BCUT2D eigenvalue weighted by Crippen LogP contribution is -2.23. The van der Waals surface area contributed by atoms with E-state index in [1.807, 2.05) is 6.08 Å². The SMILES string of the molecule is C=CCCNC(=O)CCCCCCC. The van der Waals surface area contributed by atoms with Gasteiger partial charge < -0.3 is 5.32 Å². The van der Waals surface area contributed by atoms with Crippen molar-refractivity contribution in [3.05, 3.63) is 12.7 Å². The highest BCUT2D eigenvalue weighted by atomic mass is 16.1. The number of hydrogen-bond donors (Lipinski definition) is 1. The zero-order chi connectivity index (χ0) is 10.6. The highest BCUT2D eigenvalue weighted by Gasteiger charge is 1.98. The van der Waals surface area contributed by atoms with Crippen molar-refractivity contribution >= 4 is 5.91 Å². The van der Waals surface area contributed by atoms with Gasteiger partial charge in [-0.25, -0.2) is 0 Å². The first-order valence-electron chi connectivity index (χ1n) is 5.68.